The number of rotatable bonds is 2. The Kier molecular flexibility index (Phi) is 2.33. The Labute approximate surface area is 82.6 Å². The molecule has 3 nitrogen and oxygen atoms in total. The van der Waals surface area contributed by atoms with Crippen LogP contribution in [0.2, 0.25) is 0 Å². The van der Waals surface area contributed by atoms with Gasteiger partial charge in [-0.1, -0.05) is 6.07 Å². The van der Waals surface area contributed by atoms with Crippen molar-refractivity contribution in [3.05, 3.63) is 48.3 Å². The zero-order valence-corrected chi connectivity index (χ0v) is 7.88. The number of aromatic nitrogens is 2. The summed E-state index contributed by atoms with van der Waals surface area (Å²) in [7, 11) is 0. The van der Waals surface area contributed by atoms with Gasteiger partial charge in [-0.2, -0.15) is 5.10 Å². The number of aliphatic hydroxyl groups is 1. The maximum atomic E-state index is 9.54. The Morgan fingerprint density at radius 3 is 3.07 bits per heavy atom. The van der Waals surface area contributed by atoms with E-state index in [9.17, 15) is 5.11 Å². The molecule has 3 heteroatoms. The second-order valence-electron chi connectivity index (χ2n) is 3.11. The van der Waals surface area contributed by atoms with Crippen LogP contribution in [0.15, 0.2) is 36.7 Å². The third-order valence-corrected chi connectivity index (χ3v) is 2.07. The molecule has 0 fully saturated rings. The van der Waals surface area contributed by atoms with Gasteiger partial charge < -0.3 is 5.11 Å². The smallest absolute Gasteiger partial charge is 0.0783 e. The Balaban J connectivity index is 2.53. The van der Waals surface area contributed by atoms with E-state index in [1.165, 1.54) is 0 Å². The average Bonchev–Trinajstić information content (AvgIpc) is 2.70. The molecule has 2 aromatic rings. The minimum Gasteiger partial charge on any atom is -0.389 e. The van der Waals surface area contributed by atoms with E-state index in [-0.39, 0.29) is 0 Å². The molecule has 0 aliphatic carbocycles. The van der Waals surface area contributed by atoms with E-state index in [4.69, 9.17) is 0 Å². The summed E-state index contributed by atoms with van der Waals surface area (Å²) in [4.78, 5) is 0. The van der Waals surface area contributed by atoms with Gasteiger partial charge in [-0.15, -0.1) is 0 Å². The highest BCUT2D eigenvalue weighted by atomic mass is 16.3. The van der Waals surface area contributed by atoms with Crippen LogP contribution in [0.4, 0.5) is 0 Å². The van der Waals surface area contributed by atoms with Crippen LogP contribution < -0.4 is 0 Å². The highest BCUT2D eigenvalue weighted by Crippen LogP contribution is 2.19. The molecule has 0 aliphatic heterocycles. The summed E-state index contributed by atoms with van der Waals surface area (Å²) < 4.78 is 1.73. The van der Waals surface area contributed by atoms with Crippen LogP contribution in [0, 0.1) is 6.07 Å². The van der Waals surface area contributed by atoms with Gasteiger partial charge in [0, 0.05) is 18.0 Å². The van der Waals surface area contributed by atoms with Crippen LogP contribution in [0.1, 0.15) is 18.6 Å². The van der Waals surface area contributed by atoms with E-state index < -0.39 is 6.10 Å². The molecule has 0 aliphatic rings. The quantitative estimate of drug-likeness (QED) is 0.777. The minimum absolute atomic E-state index is 0.508. The van der Waals surface area contributed by atoms with Crippen molar-refractivity contribution in [3.63, 3.8) is 0 Å². The first-order valence-electron chi connectivity index (χ1n) is 4.47. The zero-order chi connectivity index (χ0) is 9.97. The lowest BCUT2D eigenvalue weighted by molar-refractivity contribution is 0.199. The van der Waals surface area contributed by atoms with E-state index in [0.29, 0.717) is 0 Å². The number of aliphatic hydroxyl groups excluding tert-OH is 1. The molecular weight excluding hydrogens is 176 g/mol. The maximum Gasteiger partial charge on any atom is 0.0783 e. The van der Waals surface area contributed by atoms with E-state index in [1.54, 1.807) is 23.9 Å². The number of hydrogen-bond donors (Lipinski definition) is 1. The first-order valence-corrected chi connectivity index (χ1v) is 4.47. The lowest BCUT2D eigenvalue weighted by Crippen LogP contribution is -2.02. The van der Waals surface area contributed by atoms with Crippen molar-refractivity contribution in [2.45, 2.75) is 13.0 Å². The first-order chi connectivity index (χ1) is 6.79. The van der Waals surface area contributed by atoms with Crippen LogP contribution >= 0.6 is 0 Å². The van der Waals surface area contributed by atoms with Crippen molar-refractivity contribution in [2.24, 2.45) is 0 Å². The third-order valence-electron chi connectivity index (χ3n) is 2.07. The first kappa shape index (κ1) is 8.97. The van der Waals surface area contributed by atoms with Gasteiger partial charge in [0.25, 0.3) is 0 Å². The molecule has 71 valence electrons. The highest BCUT2D eigenvalue weighted by molar-refractivity contribution is 5.40. The number of nitrogens with zero attached hydrogens (tertiary/aromatic N) is 2. The molecule has 0 saturated carbocycles. The van der Waals surface area contributed by atoms with Crippen LogP contribution in [-0.4, -0.2) is 14.9 Å². The van der Waals surface area contributed by atoms with Gasteiger partial charge in [0.05, 0.1) is 11.8 Å². The molecule has 1 aromatic heterocycles. The van der Waals surface area contributed by atoms with Gasteiger partial charge in [0.1, 0.15) is 0 Å². The predicted molar refractivity (Wildman–Crippen MR) is 53.0 cm³/mol. The average molecular weight is 187 g/mol. The van der Waals surface area contributed by atoms with Gasteiger partial charge in [-0.3, -0.25) is 0 Å². The van der Waals surface area contributed by atoms with Crippen LogP contribution in [0.25, 0.3) is 5.69 Å². The molecule has 0 bridgehead atoms. The zero-order valence-electron chi connectivity index (χ0n) is 7.88. The molecule has 0 saturated heterocycles. The number of hydrogen-bond acceptors (Lipinski definition) is 2. The van der Waals surface area contributed by atoms with E-state index in [1.807, 2.05) is 24.4 Å². The van der Waals surface area contributed by atoms with Crippen molar-refractivity contribution in [1.29, 1.82) is 0 Å². The summed E-state index contributed by atoms with van der Waals surface area (Å²) >= 11 is 0. The van der Waals surface area contributed by atoms with Crippen molar-refractivity contribution >= 4 is 0 Å². The van der Waals surface area contributed by atoms with Crippen LogP contribution in [0.3, 0.4) is 0 Å². The molecule has 0 amide bonds. The Hall–Kier alpha value is -1.61. The van der Waals surface area contributed by atoms with Crippen LogP contribution in [0.5, 0.6) is 0 Å². The largest absolute Gasteiger partial charge is 0.389 e. The second kappa shape index (κ2) is 3.64. The molecule has 14 heavy (non-hydrogen) atoms. The van der Waals surface area contributed by atoms with Gasteiger partial charge >= 0.3 is 0 Å². The highest BCUT2D eigenvalue weighted by Gasteiger charge is 2.08. The minimum atomic E-state index is -0.508. The Morgan fingerprint density at radius 2 is 2.43 bits per heavy atom. The lowest BCUT2D eigenvalue weighted by atomic mass is 10.1. The van der Waals surface area contributed by atoms with Gasteiger partial charge in [-0.25, -0.2) is 4.68 Å². The SMILES string of the molecule is C[C@@H](O)c1c[c]ccc1-n1cccn1. The summed E-state index contributed by atoms with van der Waals surface area (Å²) in [6, 6.07) is 10.3. The summed E-state index contributed by atoms with van der Waals surface area (Å²) in [5.74, 6) is 0. The topological polar surface area (TPSA) is 38.0 Å². The summed E-state index contributed by atoms with van der Waals surface area (Å²) in [5.41, 5.74) is 1.72. The van der Waals surface area contributed by atoms with Gasteiger partial charge in [0.2, 0.25) is 0 Å². The monoisotopic (exact) mass is 187 g/mol. The fraction of sp³-hybridized carbons (Fsp3) is 0.182. The molecule has 2 rings (SSSR count). The molecule has 1 atom stereocenters. The second-order valence-corrected chi connectivity index (χ2v) is 3.11. The van der Waals surface area contributed by atoms with Gasteiger partial charge in [0.15, 0.2) is 0 Å². The molecule has 0 spiro atoms. The Bertz CT molecular complexity index is 407. The van der Waals surface area contributed by atoms with Crippen molar-refractivity contribution in [3.8, 4) is 5.69 Å². The summed E-state index contributed by atoms with van der Waals surface area (Å²) in [6.07, 6.45) is 3.05. The van der Waals surface area contributed by atoms with Crippen molar-refractivity contribution in [2.75, 3.05) is 0 Å². The predicted octanol–water partition coefficient (Wildman–Crippen LogP) is 1.73. The molecular formula is C11H11N2O. The molecule has 1 aromatic carbocycles. The summed E-state index contributed by atoms with van der Waals surface area (Å²) in [6.45, 7) is 1.73. The fourth-order valence-corrected chi connectivity index (χ4v) is 1.39. The maximum absolute atomic E-state index is 9.54. The van der Waals surface area contributed by atoms with E-state index in [0.717, 1.165) is 11.3 Å². The molecule has 1 heterocycles. The van der Waals surface area contributed by atoms with Crippen LogP contribution in [-0.2, 0) is 0 Å². The fourth-order valence-electron chi connectivity index (χ4n) is 1.39. The Morgan fingerprint density at radius 1 is 1.57 bits per heavy atom. The lowest BCUT2D eigenvalue weighted by Gasteiger charge is -2.10. The number of benzene rings is 1. The molecule has 1 radical (unpaired) electrons. The van der Waals surface area contributed by atoms with Gasteiger partial charge in [-0.05, 0) is 31.2 Å². The van der Waals surface area contributed by atoms with Crippen molar-refractivity contribution < 1.29 is 5.11 Å². The third kappa shape index (κ3) is 1.54. The summed E-state index contributed by atoms with van der Waals surface area (Å²) in [5, 5.41) is 13.7. The molecule has 1 N–H and O–H groups in total. The van der Waals surface area contributed by atoms with Crippen molar-refractivity contribution in [1.82, 2.24) is 9.78 Å². The standard InChI is InChI=1S/C11H11N2O/c1-9(14)10-5-2-3-6-11(10)13-8-4-7-12-13/h3-9,14H,1H3/t9-/m1/s1. The van der Waals surface area contributed by atoms with E-state index >= 15 is 0 Å². The van der Waals surface area contributed by atoms with E-state index in [2.05, 4.69) is 11.2 Å². The normalized spacial score (nSPS) is 12.7. The molecule has 0 unspecified atom stereocenters.